The van der Waals surface area contributed by atoms with Crippen molar-refractivity contribution >= 4 is 12.6 Å². The molecule has 0 aliphatic carbocycles. The quantitative estimate of drug-likeness (QED) is 0.863. The molecular formula is C16H25BO3. The highest BCUT2D eigenvalue weighted by Gasteiger charge is 2.51. The van der Waals surface area contributed by atoms with Crippen LogP contribution in [-0.4, -0.2) is 23.4 Å². The number of aromatic hydroxyl groups is 1. The number of rotatable bonds is 3. The van der Waals surface area contributed by atoms with Gasteiger partial charge in [-0.3, -0.25) is 0 Å². The first-order valence-corrected chi connectivity index (χ1v) is 7.42. The van der Waals surface area contributed by atoms with Gasteiger partial charge in [-0.05, 0) is 57.1 Å². The van der Waals surface area contributed by atoms with Crippen molar-refractivity contribution in [3.8, 4) is 5.75 Å². The van der Waals surface area contributed by atoms with Crippen LogP contribution in [-0.2, 0) is 22.2 Å². The smallest absolute Gasteiger partial charge is 0.494 e. The topological polar surface area (TPSA) is 38.7 Å². The van der Waals surface area contributed by atoms with Crippen LogP contribution in [0.3, 0.4) is 0 Å². The molecule has 0 aromatic heterocycles. The van der Waals surface area contributed by atoms with Crippen molar-refractivity contribution in [2.45, 2.75) is 65.6 Å². The van der Waals surface area contributed by atoms with E-state index in [4.69, 9.17) is 9.31 Å². The molecular weight excluding hydrogens is 251 g/mol. The lowest BCUT2D eigenvalue weighted by Crippen LogP contribution is -2.41. The van der Waals surface area contributed by atoms with E-state index in [1.54, 1.807) is 0 Å². The number of aryl methyl sites for hydroxylation is 2. The predicted molar refractivity (Wildman–Crippen MR) is 82.6 cm³/mol. The van der Waals surface area contributed by atoms with E-state index in [1.165, 1.54) is 0 Å². The molecule has 1 heterocycles. The Kier molecular flexibility index (Phi) is 3.91. The standard InChI is InChI=1S/C16H25BO3/c1-7-11-9-13(10-12(8-2)14(11)18)17-19-15(3,4)16(5,6)20-17/h9-10,18H,7-8H2,1-6H3. The Labute approximate surface area is 122 Å². The van der Waals surface area contributed by atoms with E-state index in [2.05, 4.69) is 27.7 Å². The lowest BCUT2D eigenvalue weighted by Gasteiger charge is -2.32. The Morgan fingerprint density at radius 3 is 1.70 bits per heavy atom. The molecule has 1 saturated heterocycles. The van der Waals surface area contributed by atoms with Gasteiger partial charge in [0.05, 0.1) is 11.2 Å². The van der Waals surface area contributed by atoms with Crippen LogP contribution < -0.4 is 5.46 Å². The van der Waals surface area contributed by atoms with Crippen molar-refractivity contribution in [2.24, 2.45) is 0 Å². The number of hydrogen-bond donors (Lipinski definition) is 1. The van der Waals surface area contributed by atoms with Gasteiger partial charge in [0, 0.05) is 0 Å². The summed E-state index contributed by atoms with van der Waals surface area (Å²) >= 11 is 0. The molecule has 1 N–H and O–H groups in total. The molecule has 0 amide bonds. The van der Waals surface area contributed by atoms with Gasteiger partial charge in [0.15, 0.2) is 0 Å². The lowest BCUT2D eigenvalue weighted by atomic mass is 9.77. The SMILES string of the molecule is CCc1cc(B2OC(C)(C)C(C)(C)O2)cc(CC)c1O. The molecule has 0 bridgehead atoms. The molecule has 3 nitrogen and oxygen atoms in total. The maximum atomic E-state index is 10.2. The third-order valence-electron chi connectivity index (χ3n) is 4.58. The average molecular weight is 276 g/mol. The molecule has 4 heteroatoms. The van der Waals surface area contributed by atoms with Crippen LogP contribution in [0, 0.1) is 0 Å². The maximum absolute atomic E-state index is 10.2. The monoisotopic (exact) mass is 276 g/mol. The Balaban J connectivity index is 2.40. The summed E-state index contributed by atoms with van der Waals surface area (Å²) in [5.41, 5.74) is 2.22. The third-order valence-corrected chi connectivity index (χ3v) is 4.58. The van der Waals surface area contributed by atoms with Crippen molar-refractivity contribution in [3.05, 3.63) is 23.3 Å². The number of phenols is 1. The maximum Gasteiger partial charge on any atom is 0.494 e. The molecule has 0 radical (unpaired) electrons. The zero-order valence-corrected chi connectivity index (χ0v) is 13.4. The largest absolute Gasteiger partial charge is 0.507 e. The summed E-state index contributed by atoms with van der Waals surface area (Å²) < 4.78 is 12.2. The molecule has 0 saturated carbocycles. The molecule has 0 atom stereocenters. The van der Waals surface area contributed by atoms with Crippen molar-refractivity contribution < 1.29 is 14.4 Å². The van der Waals surface area contributed by atoms with Crippen LogP contribution in [0.4, 0.5) is 0 Å². The normalized spacial score (nSPS) is 20.4. The lowest BCUT2D eigenvalue weighted by molar-refractivity contribution is 0.00578. The Morgan fingerprint density at radius 2 is 1.35 bits per heavy atom. The van der Waals surface area contributed by atoms with Gasteiger partial charge in [-0.15, -0.1) is 0 Å². The van der Waals surface area contributed by atoms with Crippen molar-refractivity contribution in [2.75, 3.05) is 0 Å². The summed E-state index contributed by atoms with van der Waals surface area (Å²) in [5.74, 6) is 0.412. The van der Waals surface area contributed by atoms with Gasteiger partial charge >= 0.3 is 7.12 Å². The van der Waals surface area contributed by atoms with Crippen LogP contribution in [0.2, 0.25) is 0 Å². The molecule has 0 unspecified atom stereocenters. The fourth-order valence-electron chi connectivity index (χ4n) is 2.44. The average Bonchev–Trinajstić information content (AvgIpc) is 2.58. The van der Waals surface area contributed by atoms with Gasteiger partial charge < -0.3 is 14.4 Å². The Bertz CT molecular complexity index is 467. The summed E-state index contributed by atoms with van der Waals surface area (Å²) in [7, 11) is -0.365. The minimum Gasteiger partial charge on any atom is -0.507 e. The molecule has 1 aromatic rings. The van der Waals surface area contributed by atoms with Crippen molar-refractivity contribution in [3.63, 3.8) is 0 Å². The molecule has 1 aliphatic heterocycles. The fourth-order valence-corrected chi connectivity index (χ4v) is 2.44. The van der Waals surface area contributed by atoms with Crippen LogP contribution in [0.25, 0.3) is 0 Å². The van der Waals surface area contributed by atoms with Gasteiger partial charge in [-0.25, -0.2) is 0 Å². The van der Waals surface area contributed by atoms with Crippen LogP contribution >= 0.6 is 0 Å². The summed E-state index contributed by atoms with van der Waals surface area (Å²) in [4.78, 5) is 0. The van der Waals surface area contributed by atoms with Crippen LogP contribution in [0.1, 0.15) is 52.7 Å². The molecule has 0 spiro atoms. The number of benzene rings is 1. The van der Waals surface area contributed by atoms with Crippen molar-refractivity contribution in [1.29, 1.82) is 0 Å². The first kappa shape index (κ1) is 15.4. The van der Waals surface area contributed by atoms with Crippen LogP contribution in [0.5, 0.6) is 5.75 Å². The molecule has 1 aliphatic rings. The van der Waals surface area contributed by atoms with Gasteiger partial charge in [-0.2, -0.15) is 0 Å². The van der Waals surface area contributed by atoms with E-state index in [-0.39, 0.29) is 18.3 Å². The highest BCUT2D eigenvalue weighted by molar-refractivity contribution is 6.62. The highest BCUT2D eigenvalue weighted by Crippen LogP contribution is 2.37. The summed E-state index contributed by atoms with van der Waals surface area (Å²) in [6.45, 7) is 12.3. The molecule has 20 heavy (non-hydrogen) atoms. The van der Waals surface area contributed by atoms with E-state index in [0.717, 1.165) is 29.4 Å². The van der Waals surface area contributed by atoms with Gasteiger partial charge in [0.1, 0.15) is 5.75 Å². The molecule has 1 aromatic carbocycles. The molecule has 1 fully saturated rings. The Morgan fingerprint density at radius 1 is 0.950 bits per heavy atom. The minimum atomic E-state index is -0.365. The second-order valence-corrected chi connectivity index (χ2v) is 6.48. The zero-order valence-electron chi connectivity index (χ0n) is 13.4. The number of hydrogen-bond acceptors (Lipinski definition) is 3. The molecule has 2 rings (SSSR count). The van der Waals surface area contributed by atoms with Crippen molar-refractivity contribution in [1.82, 2.24) is 0 Å². The van der Waals surface area contributed by atoms with Gasteiger partial charge in [-0.1, -0.05) is 26.0 Å². The first-order chi connectivity index (χ1) is 9.21. The second-order valence-electron chi connectivity index (χ2n) is 6.48. The zero-order chi connectivity index (χ0) is 15.1. The summed E-state index contributed by atoms with van der Waals surface area (Å²) in [5, 5.41) is 10.2. The minimum absolute atomic E-state index is 0.339. The van der Waals surface area contributed by atoms with E-state index in [1.807, 2.05) is 26.0 Å². The summed E-state index contributed by atoms with van der Waals surface area (Å²) in [6.07, 6.45) is 1.60. The molecule has 110 valence electrons. The number of phenolic OH excluding ortho intramolecular Hbond substituents is 1. The van der Waals surface area contributed by atoms with E-state index >= 15 is 0 Å². The third kappa shape index (κ3) is 2.47. The first-order valence-electron chi connectivity index (χ1n) is 7.42. The second kappa shape index (κ2) is 5.08. The van der Waals surface area contributed by atoms with Gasteiger partial charge in [0.2, 0.25) is 0 Å². The fraction of sp³-hybridized carbons (Fsp3) is 0.625. The highest BCUT2D eigenvalue weighted by atomic mass is 16.7. The van der Waals surface area contributed by atoms with E-state index in [9.17, 15) is 5.11 Å². The predicted octanol–water partition coefficient (Wildman–Crippen LogP) is 2.82. The van der Waals surface area contributed by atoms with Gasteiger partial charge in [0.25, 0.3) is 0 Å². The Hall–Kier alpha value is -0.995. The van der Waals surface area contributed by atoms with Crippen LogP contribution in [0.15, 0.2) is 12.1 Å². The summed E-state index contributed by atoms with van der Waals surface area (Å²) in [6, 6.07) is 3.99. The van der Waals surface area contributed by atoms with E-state index < -0.39 is 0 Å². The van der Waals surface area contributed by atoms with E-state index in [0.29, 0.717) is 5.75 Å².